The second-order valence-electron chi connectivity index (χ2n) is 5.38. The lowest BCUT2D eigenvalue weighted by Crippen LogP contribution is -2.28. The highest BCUT2D eigenvalue weighted by atomic mass is 16.2. The number of hydrogen-bond donors (Lipinski definition) is 2. The van der Waals surface area contributed by atoms with Crippen LogP contribution in [-0.2, 0) is 11.3 Å². The standard InChI is InChI=1S/C14H26N4O/c1-12(2)7-5-3-4-6-9-16-14(19)11-18-10-8-13(15)17-18/h8,10,12H,3-7,9,11H2,1-2H3,(H2,15,17)(H,16,19). The number of amides is 1. The number of hydrogen-bond acceptors (Lipinski definition) is 3. The molecule has 5 heteroatoms. The SMILES string of the molecule is CC(C)CCCCCCNC(=O)Cn1ccc(N)n1. The second kappa shape index (κ2) is 8.56. The Kier molecular flexibility index (Phi) is 7.00. The van der Waals surface area contributed by atoms with Crippen LogP contribution in [0.2, 0.25) is 0 Å². The van der Waals surface area contributed by atoms with Gasteiger partial charge in [0.15, 0.2) is 0 Å². The van der Waals surface area contributed by atoms with E-state index in [1.54, 1.807) is 16.9 Å². The summed E-state index contributed by atoms with van der Waals surface area (Å²) in [5.74, 6) is 1.23. The third kappa shape index (κ3) is 7.49. The molecule has 0 aromatic carbocycles. The van der Waals surface area contributed by atoms with Gasteiger partial charge in [-0.25, -0.2) is 0 Å². The summed E-state index contributed by atoms with van der Waals surface area (Å²) in [5.41, 5.74) is 5.48. The summed E-state index contributed by atoms with van der Waals surface area (Å²) >= 11 is 0. The van der Waals surface area contributed by atoms with Gasteiger partial charge in [-0.05, 0) is 18.4 Å². The molecule has 0 saturated heterocycles. The van der Waals surface area contributed by atoms with Crippen molar-refractivity contribution in [1.29, 1.82) is 0 Å². The molecule has 1 heterocycles. The molecule has 0 unspecified atom stereocenters. The minimum atomic E-state index is -0.00900. The summed E-state index contributed by atoms with van der Waals surface area (Å²) in [7, 11) is 0. The van der Waals surface area contributed by atoms with Crippen molar-refractivity contribution in [1.82, 2.24) is 15.1 Å². The van der Waals surface area contributed by atoms with Crippen molar-refractivity contribution in [3.05, 3.63) is 12.3 Å². The van der Waals surface area contributed by atoms with Crippen LogP contribution in [0.5, 0.6) is 0 Å². The van der Waals surface area contributed by atoms with Gasteiger partial charge in [0.25, 0.3) is 0 Å². The minimum absolute atomic E-state index is 0.00900. The van der Waals surface area contributed by atoms with Crippen LogP contribution < -0.4 is 11.1 Å². The van der Waals surface area contributed by atoms with Crippen molar-refractivity contribution in [3.8, 4) is 0 Å². The van der Waals surface area contributed by atoms with Gasteiger partial charge in [-0.2, -0.15) is 5.10 Å². The molecule has 1 rings (SSSR count). The van der Waals surface area contributed by atoms with Crippen LogP contribution >= 0.6 is 0 Å². The Morgan fingerprint density at radius 1 is 1.37 bits per heavy atom. The average molecular weight is 266 g/mol. The van der Waals surface area contributed by atoms with E-state index in [1.807, 2.05) is 0 Å². The van der Waals surface area contributed by atoms with Gasteiger partial charge in [-0.3, -0.25) is 9.48 Å². The molecule has 0 aliphatic rings. The molecule has 0 radical (unpaired) electrons. The summed E-state index contributed by atoms with van der Waals surface area (Å²) < 4.78 is 1.55. The normalized spacial score (nSPS) is 10.9. The van der Waals surface area contributed by atoms with Gasteiger partial charge in [0.1, 0.15) is 12.4 Å². The number of carbonyl (C=O) groups excluding carboxylic acids is 1. The van der Waals surface area contributed by atoms with Gasteiger partial charge in [-0.15, -0.1) is 0 Å². The van der Waals surface area contributed by atoms with Gasteiger partial charge in [0.2, 0.25) is 5.91 Å². The Balaban J connectivity index is 1.99. The summed E-state index contributed by atoms with van der Waals surface area (Å²) in [6, 6.07) is 1.68. The van der Waals surface area contributed by atoms with Crippen molar-refractivity contribution in [3.63, 3.8) is 0 Å². The first-order chi connectivity index (χ1) is 9.08. The molecule has 0 atom stereocenters. The lowest BCUT2D eigenvalue weighted by atomic mass is 10.0. The molecule has 0 spiro atoms. The minimum Gasteiger partial charge on any atom is -0.382 e. The number of rotatable bonds is 9. The van der Waals surface area contributed by atoms with Crippen LogP contribution in [-0.4, -0.2) is 22.2 Å². The van der Waals surface area contributed by atoms with E-state index in [4.69, 9.17) is 5.73 Å². The van der Waals surface area contributed by atoms with Crippen molar-refractivity contribution < 1.29 is 4.79 Å². The number of unbranched alkanes of at least 4 members (excludes halogenated alkanes) is 3. The molecule has 3 N–H and O–H groups in total. The third-order valence-corrected chi connectivity index (χ3v) is 3.00. The van der Waals surface area contributed by atoms with Crippen LogP contribution in [0.1, 0.15) is 46.0 Å². The maximum Gasteiger partial charge on any atom is 0.241 e. The zero-order chi connectivity index (χ0) is 14.1. The molecule has 108 valence electrons. The zero-order valence-corrected chi connectivity index (χ0v) is 12.1. The fourth-order valence-electron chi connectivity index (χ4n) is 1.93. The van der Waals surface area contributed by atoms with Crippen LogP contribution in [0, 0.1) is 5.92 Å². The van der Waals surface area contributed by atoms with E-state index in [1.165, 1.54) is 25.7 Å². The van der Waals surface area contributed by atoms with E-state index in [2.05, 4.69) is 24.3 Å². The zero-order valence-electron chi connectivity index (χ0n) is 12.1. The average Bonchev–Trinajstić information content (AvgIpc) is 2.73. The molecule has 1 aromatic heterocycles. The monoisotopic (exact) mass is 266 g/mol. The van der Waals surface area contributed by atoms with Crippen LogP contribution in [0.25, 0.3) is 0 Å². The molecular weight excluding hydrogens is 240 g/mol. The van der Waals surface area contributed by atoms with Crippen molar-refractivity contribution in [2.24, 2.45) is 5.92 Å². The summed E-state index contributed by atoms with van der Waals surface area (Å²) in [5, 5.41) is 6.87. The Morgan fingerprint density at radius 3 is 2.74 bits per heavy atom. The van der Waals surface area contributed by atoms with E-state index in [-0.39, 0.29) is 12.5 Å². The quantitative estimate of drug-likeness (QED) is 0.673. The number of anilines is 1. The van der Waals surface area contributed by atoms with Crippen LogP contribution in [0.4, 0.5) is 5.82 Å². The number of nitrogens with two attached hydrogens (primary N) is 1. The van der Waals surface area contributed by atoms with E-state index in [0.29, 0.717) is 5.82 Å². The molecule has 1 amide bonds. The first-order valence-corrected chi connectivity index (χ1v) is 7.13. The topological polar surface area (TPSA) is 72.9 Å². The first kappa shape index (κ1) is 15.5. The smallest absolute Gasteiger partial charge is 0.241 e. The van der Waals surface area contributed by atoms with Gasteiger partial charge in [0.05, 0.1) is 0 Å². The maximum atomic E-state index is 11.6. The number of aromatic nitrogens is 2. The predicted molar refractivity (Wildman–Crippen MR) is 77.6 cm³/mol. The molecule has 5 nitrogen and oxygen atoms in total. The Morgan fingerprint density at radius 2 is 2.11 bits per heavy atom. The van der Waals surface area contributed by atoms with Gasteiger partial charge in [-0.1, -0.05) is 39.5 Å². The Labute approximate surface area is 115 Å². The summed E-state index contributed by atoms with van der Waals surface area (Å²) in [6.45, 7) is 5.49. The van der Waals surface area contributed by atoms with Crippen molar-refractivity contribution in [2.75, 3.05) is 12.3 Å². The summed E-state index contributed by atoms with van der Waals surface area (Å²) in [6.07, 6.45) is 7.78. The van der Waals surface area contributed by atoms with E-state index >= 15 is 0 Å². The highest BCUT2D eigenvalue weighted by Gasteiger charge is 2.03. The number of nitrogen functional groups attached to an aromatic ring is 1. The molecule has 0 aliphatic carbocycles. The summed E-state index contributed by atoms with van der Waals surface area (Å²) in [4.78, 5) is 11.6. The molecule has 19 heavy (non-hydrogen) atoms. The molecule has 0 bridgehead atoms. The van der Waals surface area contributed by atoms with Gasteiger partial charge in [0, 0.05) is 12.7 Å². The van der Waals surface area contributed by atoms with E-state index in [0.717, 1.165) is 18.9 Å². The number of carbonyl (C=O) groups is 1. The number of nitrogens with one attached hydrogen (secondary N) is 1. The molecule has 0 aliphatic heterocycles. The molecular formula is C14H26N4O. The lowest BCUT2D eigenvalue weighted by Gasteiger charge is -2.06. The lowest BCUT2D eigenvalue weighted by molar-refractivity contribution is -0.121. The second-order valence-corrected chi connectivity index (χ2v) is 5.38. The highest BCUT2D eigenvalue weighted by Crippen LogP contribution is 2.08. The Hall–Kier alpha value is -1.52. The fourth-order valence-corrected chi connectivity index (χ4v) is 1.93. The van der Waals surface area contributed by atoms with E-state index in [9.17, 15) is 4.79 Å². The maximum absolute atomic E-state index is 11.6. The largest absolute Gasteiger partial charge is 0.382 e. The Bertz CT molecular complexity index is 373. The molecule has 0 saturated carbocycles. The van der Waals surface area contributed by atoms with Crippen LogP contribution in [0.3, 0.4) is 0 Å². The van der Waals surface area contributed by atoms with Gasteiger partial charge < -0.3 is 11.1 Å². The highest BCUT2D eigenvalue weighted by molar-refractivity contribution is 5.75. The van der Waals surface area contributed by atoms with Gasteiger partial charge >= 0.3 is 0 Å². The fraction of sp³-hybridized carbons (Fsp3) is 0.714. The van der Waals surface area contributed by atoms with Crippen LogP contribution in [0.15, 0.2) is 12.3 Å². The predicted octanol–water partition coefficient (Wildman–Crippen LogP) is 2.19. The van der Waals surface area contributed by atoms with Crippen molar-refractivity contribution in [2.45, 2.75) is 52.5 Å². The molecule has 0 fully saturated rings. The number of nitrogens with zero attached hydrogens (tertiary/aromatic N) is 2. The van der Waals surface area contributed by atoms with E-state index < -0.39 is 0 Å². The third-order valence-electron chi connectivity index (χ3n) is 3.00. The first-order valence-electron chi connectivity index (χ1n) is 7.13. The van der Waals surface area contributed by atoms with Crippen molar-refractivity contribution >= 4 is 11.7 Å². The molecule has 1 aromatic rings.